The predicted molar refractivity (Wildman–Crippen MR) is 112 cm³/mol. The predicted octanol–water partition coefficient (Wildman–Crippen LogP) is 4.34. The van der Waals surface area contributed by atoms with Crippen molar-refractivity contribution >= 4 is 21.6 Å². The second-order valence-corrected chi connectivity index (χ2v) is 7.63. The van der Waals surface area contributed by atoms with Crippen LogP contribution < -0.4 is 5.56 Å². The van der Waals surface area contributed by atoms with Crippen LogP contribution in [0, 0.1) is 0 Å². The van der Waals surface area contributed by atoms with Crippen LogP contribution in [0.25, 0.3) is 21.5 Å². The summed E-state index contributed by atoms with van der Waals surface area (Å²) in [5.41, 5.74) is 1.78. The molecule has 0 fully saturated rings. The molecule has 7 heteroatoms. The van der Waals surface area contributed by atoms with E-state index in [1.165, 1.54) is 11.5 Å². The number of aromatic nitrogens is 4. The third-order valence-corrected chi connectivity index (χ3v) is 5.87. The minimum Gasteiger partial charge on any atom is -0.418 e. The van der Waals surface area contributed by atoms with E-state index in [0.29, 0.717) is 23.6 Å². The first-order chi connectivity index (χ1) is 14.3. The van der Waals surface area contributed by atoms with E-state index in [1.807, 2.05) is 66.7 Å². The molecule has 0 unspecified atom stereocenters. The molecule has 5 rings (SSSR count). The van der Waals surface area contributed by atoms with E-state index < -0.39 is 0 Å². The molecule has 1 atom stereocenters. The van der Waals surface area contributed by atoms with Crippen LogP contribution in [0.5, 0.6) is 0 Å². The summed E-state index contributed by atoms with van der Waals surface area (Å²) in [7, 11) is 0. The van der Waals surface area contributed by atoms with Gasteiger partial charge in [0.1, 0.15) is 6.04 Å². The third-order valence-electron chi connectivity index (χ3n) is 4.70. The summed E-state index contributed by atoms with van der Waals surface area (Å²) < 4.78 is 8.66. The largest absolute Gasteiger partial charge is 0.418 e. The van der Waals surface area contributed by atoms with Crippen LogP contribution in [0.3, 0.4) is 0 Å². The van der Waals surface area contributed by atoms with Gasteiger partial charge in [0, 0.05) is 18.8 Å². The number of fused-ring (bicyclic) bond motifs is 1. The van der Waals surface area contributed by atoms with E-state index >= 15 is 0 Å². The van der Waals surface area contributed by atoms with Crippen LogP contribution >= 0.6 is 11.5 Å². The number of hydrogen-bond donors (Lipinski definition) is 0. The van der Waals surface area contributed by atoms with Crippen LogP contribution in [-0.4, -0.2) is 19.1 Å². The van der Waals surface area contributed by atoms with Crippen LogP contribution in [-0.2, 0) is 6.42 Å². The van der Waals surface area contributed by atoms with Crippen molar-refractivity contribution < 1.29 is 4.42 Å². The molecule has 3 aromatic heterocycles. The Morgan fingerprint density at radius 2 is 1.79 bits per heavy atom. The van der Waals surface area contributed by atoms with Crippen molar-refractivity contribution in [3.05, 3.63) is 101 Å². The molecular formula is C22H16N4O2S. The Balaban J connectivity index is 1.62. The highest BCUT2D eigenvalue weighted by Crippen LogP contribution is 2.28. The first-order valence-electron chi connectivity index (χ1n) is 9.18. The van der Waals surface area contributed by atoms with E-state index in [0.717, 1.165) is 15.8 Å². The molecule has 142 valence electrons. The average Bonchev–Trinajstić information content (AvgIpc) is 3.39. The zero-order valence-corrected chi connectivity index (χ0v) is 16.1. The Morgan fingerprint density at radius 1 is 0.966 bits per heavy atom. The van der Waals surface area contributed by atoms with E-state index in [4.69, 9.17) is 4.42 Å². The van der Waals surface area contributed by atoms with Crippen LogP contribution in [0.15, 0.2) is 88.3 Å². The molecule has 0 spiro atoms. The van der Waals surface area contributed by atoms with Gasteiger partial charge in [0.15, 0.2) is 0 Å². The summed E-state index contributed by atoms with van der Waals surface area (Å²) in [6.45, 7) is 0. The summed E-state index contributed by atoms with van der Waals surface area (Å²) in [6.07, 6.45) is 3.94. The monoisotopic (exact) mass is 400 g/mol. The van der Waals surface area contributed by atoms with Crippen molar-refractivity contribution in [2.24, 2.45) is 0 Å². The van der Waals surface area contributed by atoms with Crippen LogP contribution in [0.4, 0.5) is 0 Å². The third kappa shape index (κ3) is 3.36. The fraction of sp³-hybridized carbons (Fsp3) is 0.0909. The maximum Gasteiger partial charge on any atom is 0.269 e. The molecular weight excluding hydrogens is 384 g/mol. The molecule has 29 heavy (non-hydrogen) atoms. The summed E-state index contributed by atoms with van der Waals surface area (Å²) in [5, 5.41) is 9.17. The molecule has 0 saturated heterocycles. The van der Waals surface area contributed by atoms with Gasteiger partial charge in [-0.05, 0) is 29.8 Å². The van der Waals surface area contributed by atoms with Gasteiger partial charge in [0.2, 0.25) is 11.8 Å². The van der Waals surface area contributed by atoms with E-state index in [1.54, 1.807) is 16.4 Å². The van der Waals surface area contributed by atoms with Gasteiger partial charge in [-0.15, -0.1) is 10.2 Å². The highest BCUT2D eigenvalue weighted by atomic mass is 32.1. The zero-order valence-electron chi connectivity index (χ0n) is 15.3. The van der Waals surface area contributed by atoms with E-state index in [2.05, 4.69) is 15.2 Å². The molecule has 5 aromatic rings. The Morgan fingerprint density at radius 3 is 2.59 bits per heavy atom. The molecule has 0 aliphatic rings. The number of benzene rings is 2. The van der Waals surface area contributed by atoms with Crippen molar-refractivity contribution in [3.63, 3.8) is 0 Å². The van der Waals surface area contributed by atoms with Gasteiger partial charge in [0.05, 0.1) is 15.6 Å². The fourth-order valence-corrected chi connectivity index (χ4v) is 4.36. The van der Waals surface area contributed by atoms with Crippen molar-refractivity contribution in [2.75, 3.05) is 0 Å². The number of hydrogen-bond acceptors (Lipinski definition) is 6. The molecule has 6 nitrogen and oxygen atoms in total. The van der Waals surface area contributed by atoms with Gasteiger partial charge >= 0.3 is 0 Å². The molecule has 0 N–H and O–H groups in total. The minimum atomic E-state index is -0.389. The average molecular weight is 400 g/mol. The van der Waals surface area contributed by atoms with Gasteiger partial charge in [-0.2, -0.15) is 0 Å². The highest BCUT2D eigenvalue weighted by molar-refractivity contribution is 7.13. The lowest BCUT2D eigenvalue weighted by molar-refractivity contribution is 0.427. The van der Waals surface area contributed by atoms with Crippen molar-refractivity contribution in [1.82, 2.24) is 19.1 Å². The van der Waals surface area contributed by atoms with Crippen molar-refractivity contribution in [3.8, 4) is 11.5 Å². The number of rotatable bonds is 5. The first-order valence-corrected chi connectivity index (χ1v) is 9.95. The lowest BCUT2D eigenvalue weighted by Crippen LogP contribution is -2.22. The SMILES string of the molecule is O=c1c2ccccc2sn1[C@@H](Cc1ccccc1)c1nnc(-c2cccnc2)o1. The summed E-state index contributed by atoms with van der Waals surface area (Å²) in [6, 6.07) is 20.9. The standard InChI is InChI=1S/C22H16N4O2S/c27-22-17-10-4-5-11-19(17)29-26(22)18(13-15-7-2-1-3-8-15)21-25-24-20(28-21)16-9-6-12-23-14-16/h1-12,14,18H,13H2/t18-/m0/s1. The topological polar surface area (TPSA) is 73.8 Å². The Hall–Kier alpha value is -3.58. The quantitative estimate of drug-likeness (QED) is 0.439. The van der Waals surface area contributed by atoms with Crippen LogP contribution in [0.1, 0.15) is 17.5 Å². The molecule has 0 aliphatic heterocycles. The van der Waals surface area contributed by atoms with E-state index in [-0.39, 0.29) is 11.6 Å². The maximum absolute atomic E-state index is 13.1. The minimum absolute atomic E-state index is 0.0485. The summed E-state index contributed by atoms with van der Waals surface area (Å²) in [5.74, 6) is 0.793. The molecule has 0 saturated carbocycles. The molecule has 0 radical (unpaired) electrons. The highest BCUT2D eigenvalue weighted by Gasteiger charge is 2.25. The van der Waals surface area contributed by atoms with Crippen LogP contribution in [0.2, 0.25) is 0 Å². The lowest BCUT2D eigenvalue weighted by Gasteiger charge is -2.13. The molecule has 0 bridgehead atoms. The number of pyridine rings is 1. The van der Waals surface area contributed by atoms with Gasteiger partial charge < -0.3 is 4.42 Å². The Labute approximate surface area is 170 Å². The molecule has 0 aliphatic carbocycles. The normalized spacial score (nSPS) is 12.3. The van der Waals surface area contributed by atoms with Crippen molar-refractivity contribution in [2.45, 2.75) is 12.5 Å². The molecule has 3 heterocycles. The first kappa shape index (κ1) is 17.5. The lowest BCUT2D eigenvalue weighted by atomic mass is 10.1. The van der Waals surface area contributed by atoms with Crippen molar-refractivity contribution in [1.29, 1.82) is 0 Å². The maximum atomic E-state index is 13.1. The fourth-order valence-electron chi connectivity index (χ4n) is 3.28. The van der Waals surface area contributed by atoms with E-state index in [9.17, 15) is 4.79 Å². The Kier molecular flexibility index (Phi) is 4.50. The second-order valence-electron chi connectivity index (χ2n) is 6.61. The van der Waals surface area contributed by atoms with Gasteiger partial charge in [-0.1, -0.05) is 54.0 Å². The zero-order chi connectivity index (χ0) is 19.6. The van der Waals surface area contributed by atoms with Gasteiger partial charge in [-0.25, -0.2) is 0 Å². The second kappa shape index (κ2) is 7.44. The van der Waals surface area contributed by atoms with Gasteiger partial charge in [-0.3, -0.25) is 13.7 Å². The molecule has 2 aromatic carbocycles. The summed E-state index contributed by atoms with van der Waals surface area (Å²) in [4.78, 5) is 17.2. The Bertz CT molecular complexity index is 1310. The van der Waals surface area contributed by atoms with Gasteiger partial charge in [0.25, 0.3) is 5.56 Å². The number of nitrogens with zero attached hydrogens (tertiary/aromatic N) is 4. The smallest absolute Gasteiger partial charge is 0.269 e. The summed E-state index contributed by atoms with van der Waals surface area (Å²) >= 11 is 1.42. The molecule has 0 amide bonds.